The van der Waals surface area contributed by atoms with Crippen molar-refractivity contribution in [3.8, 4) is 5.75 Å². The highest BCUT2D eigenvalue weighted by atomic mass is 19.1. The number of rotatable bonds is 6. The second-order valence-electron chi connectivity index (χ2n) is 4.78. The molecule has 0 spiro atoms. The highest BCUT2D eigenvalue weighted by molar-refractivity contribution is 5.77. The van der Waals surface area contributed by atoms with Gasteiger partial charge in [-0.05, 0) is 30.0 Å². The van der Waals surface area contributed by atoms with E-state index in [1.807, 2.05) is 0 Å². The van der Waals surface area contributed by atoms with Crippen LogP contribution in [0.5, 0.6) is 5.75 Å². The first-order valence-corrected chi connectivity index (χ1v) is 6.39. The maximum atomic E-state index is 13.4. The van der Waals surface area contributed by atoms with Gasteiger partial charge in [-0.15, -0.1) is 0 Å². The van der Waals surface area contributed by atoms with E-state index in [0.29, 0.717) is 18.4 Å². The fraction of sp³-hybridized carbons (Fsp3) is 0.500. The molecule has 0 radical (unpaired) electrons. The molecule has 1 aromatic carbocycles. The van der Waals surface area contributed by atoms with Crippen LogP contribution in [0.25, 0.3) is 0 Å². The Balaban J connectivity index is 2.48. The molecular formula is C14H22FN3O. The van der Waals surface area contributed by atoms with E-state index in [1.54, 1.807) is 12.1 Å². The summed E-state index contributed by atoms with van der Waals surface area (Å²) in [6.07, 6.45) is 1.04. The first kappa shape index (κ1) is 15.3. The number of hydrogen-bond acceptors (Lipinski definition) is 2. The van der Waals surface area contributed by atoms with Crippen molar-refractivity contribution in [3.63, 3.8) is 0 Å². The molecule has 4 nitrogen and oxygen atoms in total. The van der Waals surface area contributed by atoms with Crippen molar-refractivity contribution in [2.75, 3.05) is 13.7 Å². The highest BCUT2D eigenvalue weighted by Crippen LogP contribution is 2.17. The number of guanidine groups is 1. The number of nitrogens with zero attached hydrogens (tertiary/aromatic N) is 1. The van der Waals surface area contributed by atoms with Gasteiger partial charge in [-0.1, -0.05) is 19.9 Å². The summed E-state index contributed by atoms with van der Waals surface area (Å²) in [5.41, 5.74) is 6.48. The number of nitrogens with two attached hydrogens (primary N) is 1. The zero-order valence-corrected chi connectivity index (χ0v) is 11.7. The fourth-order valence-corrected chi connectivity index (χ4v) is 1.53. The number of benzene rings is 1. The quantitative estimate of drug-likeness (QED) is 0.614. The van der Waals surface area contributed by atoms with E-state index in [9.17, 15) is 4.39 Å². The first-order valence-electron chi connectivity index (χ1n) is 6.39. The largest absolute Gasteiger partial charge is 0.494 e. The van der Waals surface area contributed by atoms with E-state index < -0.39 is 0 Å². The summed E-state index contributed by atoms with van der Waals surface area (Å²) in [7, 11) is 1.44. The molecule has 106 valence electrons. The molecule has 0 fully saturated rings. The molecule has 0 saturated heterocycles. The molecule has 1 aromatic rings. The standard InChI is InChI=1S/C14H22FN3O/c1-10(2)6-7-17-14(16)18-9-11-4-5-13(19-3)12(15)8-11/h4-5,8,10H,6-7,9H2,1-3H3,(H3,16,17,18). The third kappa shape index (κ3) is 5.59. The van der Waals surface area contributed by atoms with Crippen LogP contribution in [0.1, 0.15) is 25.8 Å². The Morgan fingerprint density at radius 3 is 2.79 bits per heavy atom. The maximum Gasteiger partial charge on any atom is 0.188 e. The lowest BCUT2D eigenvalue weighted by molar-refractivity contribution is 0.386. The maximum absolute atomic E-state index is 13.4. The van der Waals surface area contributed by atoms with Gasteiger partial charge in [0.1, 0.15) is 0 Å². The van der Waals surface area contributed by atoms with Gasteiger partial charge in [0.25, 0.3) is 0 Å². The molecule has 0 aliphatic rings. The topological polar surface area (TPSA) is 59.6 Å². The molecule has 0 aliphatic carbocycles. The molecule has 3 N–H and O–H groups in total. The average Bonchev–Trinajstić information content (AvgIpc) is 2.36. The zero-order chi connectivity index (χ0) is 14.3. The number of ether oxygens (including phenoxy) is 1. The molecule has 0 aromatic heterocycles. The smallest absolute Gasteiger partial charge is 0.188 e. The average molecular weight is 267 g/mol. The molecule has 19 heavy (non-hydrogen) atoms. The summed E-state index contributed by atoms with van der Waals surface area (Å²) < 4.78 is 18.3. The molecule has 0 unspecified atom stereocenters. The van der Waals surface area contributed by atoms with Gasteiger partial charge >= 0.3 is 0 Å². The van der Waals surface area contributed by atoms with Crippen molar-refractivity contribution in [1.82, 2.24) is 5.32 Å². The van der Waals surface area contributed by atoms with Gasteiger partial charge in [-0.25, -0.2) is 9.38 Å². The van der Waals surface area contributed by atoms with Crippen LogP contribution < -0.4 is 15.8 Å². The van der Waals surface area contributed by atoms with Crippen molar-refractivity contribution in [1.29, 1.82) is 0 Å². The predicted octanol–water partition coefficient (Wildman–Crippen LogP) is 2.28. The Labute approximate surface area is 113 Å². The zero-order valence-electron chi connectivity index (χ0n) is 11.7. The molecule has 0 amide bonds. The van der Waals surface area contributed by atoms with Crippen molar-refractivity contribution >= 4 is 5.96 Å². The number of halogens is 1. The third-order valence-electron chi connectivity index (χ3n) is 2.68. The molecule has 0 aliphatic heterocycles. The van der Waals surface area contributed by atoms with E-state index in [4.69, 9.17) is 10.5 Å². The van der Waals surface area contributed by atoms with Gasteiger partial charge in [0.2, 0.25) is 0 Å². The third-order valence-corrected chi connectivity index (χ3v) is 2.68. The van der Waals surface area contributed by atoms with Gasteiger partial charge in [0.05, 0.1) is 13.7 Å². The van der Waals surface area contributed by atoms with Crippen molar-refractivity contribution in [3.05, 3.63) is 29.6 Å². The van der Waals surface area contributed by atoms with Crippen LogP contribution in [0.3, 0.4) is 0 Å². The summed E-state index contributed by atoms with van der Waals surface area (Å²) in [4.78, 5) is 4.16. The molecule has 1 rings (SSSR count). The second kappa shape index (κ2) is 7.61. The van der Waals surface area contributed by atoms with Crippen molar-refractivity contribution in [2.45, 2.75) is 26.8 Å². The SMILES string of the molecule is COc1ccc(CN=C(N)NCCC(C)C)cc1F. The van der Waals surface area contributed by atoms with Crippen molar-refractivity contribution < 1.29 is 9.13 Å². The molecule has 0 atom stereocenters. The van der Waals surface area contributed by atoms with E-state index in [0.717, 1.165) is 18.5 Å². The summed E-state index contributed by atoms with van der Waals surface area (Å²) >= 11 is 0. The van der Waals surface area contributed by atoms with Gasteiger partial charge < -0.3 is 15.8 Å². The number of aliphatic imine (C=N–C) groups is 1. The minimum Gasteiger partial charge on any atom is -0.494 e. The number of methoxy groups -OCH3 is 1. The lowest BCUT2D eigenvalue weighted by Gasteiger charge is -2.08. The summed E-state index contributed by atoms with van der Waals surface area (Å²) in [5, 5.41) is 3.03. The Morgan fingerprint density at radius 1 is 1.47 bits per heavy atom. The monoisotopic (exact) mass is 267 g/mol. The Morgan fingerprint density at radius 2 is 2.21 bits per heavy atom. The number of nitrogens with one attached hydrogen (secondary N) is 1. The van der Waals surface area contributed by atoms with Gasteiger partial charge in [0.15, 0.2) is 17.5 Å². The Hall–Kier alpha value is -1.78. The lowest BCUT2D eigenvalue weighted by atomic mass is 10.1. The minimum atomic E-state index is -0.387. The number of hydrogen-bond donors (Lipinski definition) is 2. The highest BCUT2D eigenvalue weighted by Gasteiger charge is 2.03. The van der Waals surface area contributed by atoms with E-state index in [2.05, 4.69) is 24.2 Å². The normalized spacial score (nSPS) is 11.7. The van der Waals surface area contributed by atoms with E-state index in [-0.39, 0.29) is 11.6 Å². The van der Waals surface area contributed by atoms with Gasteiger partial charge in [-0.3, -0.25) is 0 Å². The predicted molar refractivity (Wildman–Crippen MR) is 75.7 cm³/mol. The van der Waals surface area contributed by atoms with E-state index in [1.165, 1.54) is 13.2 Å². The van der Waals surface area contributed by atoms with E-state index >= 15 is 0 Å². The van der Waals surface area contributed by atoms with Crippen LogP contribution in [0, 0.1) is 11.7 Å². The van der Waals surface area contributed by atoms with Crippen LogP contribution in [0.4, 0.5) is 4.39 Å². The van der Waals surface area contributed by atoms with Crippen LogP contribution >= 0.6 is 0 Å². The Kier molecular flexibility index (Phi) is 6.12. The Bertz CT molecular complexity index is 433. The molecule has 0 heterocycles. The first-order chi connectivity index (χ1) is 9.02. The van der Waals surface area contributed by atoms with Crippen LogP contribution in [-0.2, 0) is 6.54 Å². The fourth-order valence-electron chi connectivity index (χ4n) is 1.53. The molecular weight excluding hydrogens is 245 g/mol. The molecule has 0 saturated carbocycles. The minimum absolute atomic E-state index is 0.232. The molecule has 5 heteroatoms. The summed E-state index contributed by atoms with van der Waals surface area (Å²) in [6.45, 7) is 5.44. The second-order valence-corrected chi connectivity index (χ2v) is 4.78. The van der Waals surface area contributed by atoms with Gasteiger partial charge in [-0.2, -0.15) is 0 Å². The van der Waals surface area contributed by atoms with Crippen LogP contribution in [0.15, 0.2) is 23.2 Å². The summed E-state index contributed by atoms with van der Waals surface area (Å²) in [6, 6.07) is 4.76. The van der Waals surface area contributed by atoms with Crippen LogP contribution in [0.2, 0.25) is 0 Å². The van der Waals surface area contributed by atoms with Crippen LogP contribution in [-0.4, -0.2) is 19.6 Å². The molecule has 0 bridgehead atoms. The van der Waals surface area contributed by atoms with Gasteiger partial charge in [0, 0.05) is 6.54 Å². The van der Waals surface area contributed by atoms with Crippen molar-refractivity contribution in [2.24, 2.45) is 16.6 Å². The lowest BCUT2D eigenvalue weighted by Crippen LogP contribution is -2.32. The summed E-state index contributed by atoms with van der Waals surface area (Å²) in [5.74, 6) is 0.852.